The normalized spacial score (nSPS) is 11.7. The second-order valence-corrected chi connectivity index (χ2v) is 7.62. The van der Waals surface area contributed by atoms with Crippen LogP contribution in [0.2, 0.25) is 0 Å². The quantitative estimate of drug-likeness (QED) is 0.120. The lowest BCUT2D eigenvalue weighted by Crippen LogP contribution is -2.05. The summed E-state index contributed by atoms with van der Waals surface area (Å²) in [5, 5.41) is 31.7. The van der Waals surface area contributed by atoms with E-state index in [1.807, 2.05) is 0 Å². The molecule has 31 heavy (non-hydrogen) atoms. The van der Waals surface area contributed by atoms with Gasteiger partial charge in [-0.3, -0.25) is 0 Å². The van der Waals surface area contributed by atoms with Crippen LogP contribution in [0.5, 0.6) is 0 Å². The predicted octanol–water partition coefficient (Wildman–Crippen LogP) is 7.28. The molecule has 7 aromatic rings. The van der Waals surface area contributed by atoms with Crippen molar-refractivity contribution in [2.75, 3.05) is 0 Å². The van der Waals surface area contributed by atoms with Crippen LogP contribution >= 0.6 is 0 Å². The van der Waals surface area contributed by atoms with E-state index in [1.54, 1.807) is 0 Å². The first kappa shape index (κ1) is 17.5. The van der Waals surface area contributed by atoms with Crippen molar-refractivity contribution in [3.8, 4) is 0 Å². The highest BCUT2D eigenvalue weighted by Gasteiger charge is 2.19. The number of ether oxygens (including phenoxy) is 1. The highest BCUT2D eigenvalue weighted by Crippen LogP contribution is 2.47. The number of hydrogen-bond donors (Lipinski definition) is 2. The van der Waals surface area contributed by atoms with Crippen LogP contribution in [0.15, 0.2) is 72.8 Å². The zero-order valence-corrected chi connectivity index (χ0v) is 16.0. The summed E-state index contributed by atoms with van der Waals surface area (Å²) in [5.41, 5.74) is 0. The minimum absolute atomic E-state index is 1.35. The van der Waals surface area contributed by atoms with E-state index in [0.717, 1.165) is 0 Å². The highest BCUT2D eigenvalue weighted by atomic mass is 16.7. The van der Waals surface area contributed by atoms with Gasteiger partial charge in [-0.15, -0.1) is 0 Å². The topological polar surface area (TPSA) is 83.8 Å². The van der Waals surface area contributed by atoms with Gasteiger partial charge in [0, 0.05) is 0 Å². The van der Waals surface area contributed by atoms with Gasteiger partial charge in [-0.05, 0) is 64.6 Å². The lowest BCUT2D eigenvalue weighted by molar-refractivity contribution is 0.0802. The number of rotatable bonds is 0. The van der Waals surface area contributed by atoms with Crippen molar-refractivity contribution in [1.82, 2.24) is 0 Å². The third kappa shape index (κ3) is 2.37. The molecule has 0 saturated heterocycles. The summed E-state index contributed by atoms with van der Waals surface area (Å²) >= 11 is 0. The summed E-state index contributed by atoms with van der Waals surface area (Å²) < 4.78 is 3.08. The Labute approximate surface area is 174 Å². The maximum absolute atomic E-state index is 9.21. The van der Waals surface area contributed by atoms with E-state index >= 15 is 0 Å². The molecule has 7 rings (SSSR count). The summed E-state index contributed by atoms with van der Waals surface area (Å²) in [4.78, 5) is 18.4. The van der Waals surface area contributed by atoms with Gasteiger partial charge in [0.05, 0.1) is 0 Å². The average molecular weight is 406 g/mol. The fourth-order valence-electron chi connectivity index (χ4n) is 4.97. The van der Waals surface area contributed by atoms with Gasteiger partial charge in [-0.25, -0.2) is 9.59 Å². The van der Waals surface area contributed by atoms with E-state index in [4.69, 9.17) is 10.2 Å². The molecule has 0 aromatic heterocycles. The number of hydrogen-bond acceptors (Lipinski definition) is 3. The Hall–Kier alpha value is -4.38. The van der Waals surface area contributed by atoms with E-state index < -0.39 is 12.3 Å². The highest BCUT2D eigenvalue weighted by molar-refractivity contribution is 6.44. The molecule has 5 heteroatoms. The molecule has 148 valence electrons. The lowest BCUT2D eigenvalue weighted by atomic mass is 9.83. The number of carbonyl (C=O) groups is 2. The molecule has 0 heterocycles. The van der Waals surface area contributed by atoms with Crippen LogP contribution in [0.4, 0.5) is 9.59 Å². The van der Waals surface area contributed by atoms with Gasteiger partial charge < -0.3 is 14.9 Å². The van der Waals surface area contributed by atoms with Crippen LogP contribution in [0.3, 0.4) is 0 Å². The predicted molar refractivity (Wildman–Crippen MR) is 122 cm³/mol. The van der Waals surface area contributed by atoms with Gasteiger partial charge in [0.25, 0.3) is 0 Å². The van der Waals surface area contributed by atoms with E-state index in [-0.39, 0.29) is 0 Å². The van der Waals surface area contributed by atoms with Gasteiger partial charge in [-0.1, -0.05) is 72.8 Å². The second-order valence-electron chi connectivity index (χ2n) is 7.62. The summed E-state index contributed by atoms with van der Waals surface area (Å²) in [6, 6.07) is 27.3. The Morgan fingerprint density at radius 2 is 0.581 bits per heavy atom. The summed E-state index contributed by atoms with van der Waals surface area (Å²) in [5.74, 6) is 0. The standard InChI is InChI=1S/C24H12.C2H2O5/c1-2-14-5-6-16-9-11-18-12-10-17-8-7-15-4-3-13(1)19-20(14)22(16)24(18)23(17)21(15)19;3-1(4)7-2(5)6/h1-12H;(H,3,4)(H,5,6). The van der Waals surface area contributed by atoms with Crippen molar-refractivity contribution in [2.45, 2.75) is 0 Å². The zero-order valence-electron chi connectivity index (χ0n) is 16.0. The second kappa shape index (κ2) is 6.06. The number of carboxylic acid groups (broad SMARTS) is 2. The molecule has 0 amide bonds. The van der Waals surface area contributed by atoms with Crippen molar-refractivity contribution >= 4 is 76.9 Å². The maximum Gasteiger partial charge on any atom is 0.516 e. The molecule has 0 radical (unpaired) electrons. The zero-order chi connectivity index (χ0) is 21.3. The van der Waals surface area contributed by atoms with E-state index in [2.05, 4.69) is 77.5 Å². The van der Waals surface area contributed by atoms with Gasteiger partial charge in [0.1, 0.15) is 0 Å². The third-order valence-electron chi connectivity index (χ3n) is 6.06. The van der Waals surface area contributed by atoms with Crippen molar-refractivity contribution < 1.29 is 24.5 Å². The van der Waals surface area contributed by atoms with E-state index in [9.17, 15) is 9.59 Å². The minimum atomic E-state index is -1.81. The molecule has 0 bridgehead atoms. The minimum Gasteiger partial charge on any atom is -0.449 e. The largest absolute Gasteiger partial charge is 0.516 e. The Bertz CT molecular complexity index is 1360. The molecular weight excluding hydrogens is 392 g/mol. The van der Waals surface area contributed by atoms with Gasteiger partial charge >= 0.3 is 12.3 Å². The van der Waals surface area contributed by atoms with E-state index in [1.165, 1.54) is 64.6 Å². The van der Waals surface area contributed by atoms with Crippen molar-refractivity contribution in [3.05, 3.63) is 72.8 Å². The summed E-state index contributed by atoms with van der Waals surface area (Å²) in [7, 11) is 0. The first-order valence-electron chi connectivity index (χ1n) is 9.73. The van der Waals surface area contributed by atoms with Crippen LogP contribution in [0.1, 0.15) is 0 Å². The van der Waals surface area contributed by atoms with Crippen molar-refractivity contribution in [1.29, 1.82) is 0 Å². The van der Waals surface area contributed by atoms with Gasteiger partial charge in [0.2, 0.25) is 0 Å². The van der Waals surface area contributed by atoms with Crippen LogP contribution in [-0.4, -0.2) is 22.5 Å². The van der Waals surface area contributed by atoms with Gasteiger partial charge in [-0.2, -0.15) is 0 Å². The molecule has 0 aliphatic carbocycles. The Balaban J connectivity index is 0.000000233. The Morgan fingerprint density at radius 3 is 0.677 bits per heavy atom. The van der Waals surface area contributed by atoms with Crippen LogP contribution in [0, 0.1) is 0 Å². The molecule has 2 N–H and O–H groups in total. The molecule has 0 fully saturated rings. The molecule has 0 spiro atoms. The number of benzene rings is 7. The van der Waals surface area contributed by atoms with Crippen LogP contribution < -0.4 is 0 Å². The van der Waals surface area contributed by atoms with Crippen molar-refractivity contribution in [3.63, 3.8) is 0 Å². The van der Waals surface area contributed by atoms with Crippen LogP contribution in [-0.2, 0) is 4.74 Å². The molecular formula is C26H14O5. The average Bonchev–Trinajstić information content (AvgIpc) is 2.76. The summed E-state index contributed by atoms with van der Waals surface area (Å²) in [6.07, 6.45) is -3.62. The molecule has 5 nitrogen and oxygen atoms in total. The molecule has 0 saturated carbocycles. The molecule has 0 unspecified atom stereocenters. The van der Waals surface area contributed by atoms with E-state index in [0.29, 0.717) is 0 Å². The molecule has 0 aliphatic heterocycles. The first-order valence-corrected chi connectivity index (χ1v) is 9.73. The maximum atomic E-state index is 9.21. The molecule has 0 aliphatic rings. The molecule has 0 atom stereocenters. The fourth-order valence-corrected chi connectivity index (χ4v) is 4.97. The van der Waals surface area contributed by atoms with Gasteiger partial charge in [0.15, 0.2) is 0 Å². The SMILES string of the molecule is O=C(O)OC(=O)O.c1cc2ccc3ccc4ccc5ccc6ccc1c1c2c3c4c5c61. The fraction of sp³-hybridized carbons (Fsp3) is 0. The first-order chi connectivity index (χ1) is 15.0. The smallest absolute Gasteiger partial charge is 0.449 e. The van der Waals surface area contributed by atoms with Crippen molar-refractivity contribution in [2.24, 2.45) is 0 Å². The Kier molecular flexibility index (Phi) is 3.42. The molecule has 7 aromatic carbocycles. The van der Waals surface area contributed by atoms with Crippen LogP contribution in [0.25, 0.3) is 64.6 Å². The lowest BCUT2D eigenvalue weighted by Gasteiger charge is -2.20. The summed E-state index contributed by atoms with van der Waals surface area (Å²) in [6.45, 7) is 0. The Morgan fingerprint density at radius 1 is 0.419 bits per heavy atom. The monoisotopic (exact) mass is 406 g/mol. The third-order valence-corrected chi connectivity index (χ3v) is 6.06.